The van der Waals surface area contributed by atoms with E-state index in [-0.39, 0.29) is 0 Å². The average molecular weight is 303 g/mol. The van der Waals surface area contributed by atoms with Crippen molar-refractivity contribution < 1.29 is 4.74 Å². The largest absolute Gasteiger partial charge is 0.377 e. The monoisotopic (exact) mass is 303 g/mol. The normalized spacial score (nSPS) is 23.8. The van der Waals surface area contributed by atoms with Crippen molar-refractivity contribution in [3.05, 3.63) is 29.8 Å². The molecule has 4 heteroatoms. The molecule has 2 aliphatic rings. The van der Waals surface area contributed by atoms with Crippen molar-refractivity contribution in [3.63, 3.8) is 0 Å². The Morgan fingerprint density at radius 2 is 1.82 bits per heavy atom. The second-order valence-corrected chi connectivity index (χ2v) is 6.73. The van der Waals surface area contributed by atoms with E-state index >= 15 is 0 Å². The summed E-state index contributed by atoms with van der Waals surface area (Å²) in [5.74, 6) is 0. The number of ether oxygens (including phenoxy) is 1. The third-order valence-corrected chi connectivity index (χ3v) is 4.82. The van der Waals surface area contributed by atoms with E-state index in [0.717, 1.165) is 32.8 Å². The molecular formula is C18H29N3O. The summed E-state index contributed by atoms with van der Waals surface area (Å²) in [4.78, 5) is 7.36. The smallest absolute Gasteiger partial charge is 0.0702 e. The second-order valence-electron chi connectivity index (χ2n) is 6.73. The van der Waals surface area contributed by atoms with Crippen LogP contribution in [0, 0.1) is 0 Å². The first-order valence-electron chi connectivity index (χ1n) is 8.54. The molecule has 0 N–H and O–H groups in total. The van der Waals surface area contributed by atoms with Crippen LogP contribution in [0.1, 0.15) is 18.4 Å². The van der Waals surface area contributed by atoms with Crippen molar-refractivity contribution in [1.82, 2.24) is 9.80 Å². The van der Waals surface area contributed by atoms with Crippen molar-refractivity contribution >= 4 is 5.69 Å². The van der Waals surface area contributed by atoms with Crippen molar-refractivity contribution in [1.29, 1.82) is 0 Å². The summed E-state index contributed by atoms with van der Waals surface area (Å²) in [5.41, 5.74) is 2.77. The fraction of sp³-hybridized carbons (Fsp3) is 0.667. The van der Waals surface area contributed by atoms with E-state index in [1.807, 2.05) is 0 Å². The van der Waals surface area contributed by atoms with Gasteiger partial charge >= 0.3 is 0 Å². The zero-order valence-electron chi connectivity index (χ0n) is 14.0. The third-order valence-electron chi connectivity index (χ3n) is 4.82. The van der Waals surface area contributed by atoms with Gasteiger partial charge in [0.05, 0.1) is 6.10 Å². The number of benzene rings is 1. The fourth-order valence-corrected chi connectivity index (χ4v) is 3.53. The van der Waals surface area contributed by atoms with Gasteiger partial charge in [0.25, 0.3) is 0 Å². The van der Waals surface area contributed by atoms with E-state index in [1.165, 1.54) is 37.2 Å². The maximum Gasteiger partial charge on any atom is 0.0702 e. The third kappa shape index (κ3) is 4.00. The van der Waals surface area contributed by atoms with Crippen LogP contribution in [-0.4, -0.2) is 69.3 Å². The van der Waals surface area contributed by atoms with Crippen LogP contribution in [0.5, 0.6) is 0 Å². The van der Waals surface area contributed by atoms with E-state index in [9.17, 15) is 0 Å². The van der Waals surface area contributed by atoms with Crippen LogP contribution in [0.15, 0.2) is 24.3 Å². The van der Waals surface area contributed by atoms with Crippen molar-refractivity contribution in [2.45, 2.75) is 25.5 Å². The standard InChI is InChI=1S/C18H29N3O/c1-19(2)18-8-4-3-6-16(18)14-20-9-11-21(12-10-20)15-17-7-5-13-22-17/h3-4,6,8,17H,5,7,9-15H2,1-2H3. The molecule has 1 atom stereocenters. The van der Waals surface area contributed by atoms with Gasteiger partial charge in [-0.05, 0) is 24.5 Å². The Labute approximate surface area is 134 Å². The molecule has 1 aromatic carbocycles. The van der Waals surface area contributed by atoms with Gasteiger partial charge in [0.1, 0.15) is 0 Å². The van der Waals surface area contributed by atoms with E-state index in [1.54, 1.807) is 0 Å². The maximum absolute atomic E-state index is 5.76. The quantitative estimate of drug-likeness (QED) is 0.828. The van der Waals surface area contributed by atoms with Gasteiger partial charge < -0.3 is 9.64 Å². The highest BCUT2D eigenvalue weighted by Gasteiger charge is 2.23. The summed E-state index contributed by atoms with van der Waals surface area (Å²) in [7, 11) is 4.25. The molecule has 1 aromatic rings. The molecule has 0 amide bonds. The Morgan fingerprint density at radius 1 is 1.09 bits per heavy atom. The molecule has 122 valence electrons. The summed E-state index contributed by atoms with van der Waals surface area (Å²) in [6.45, 7) is 7.81. The highest BCUT2D eigenvalue weighted by atomic mass is 16.5. The average Bonchev–Trinajstić information content (AvgIpc) is 3.02. The van der Waals surface area contributed by atoms with Crippen LogP contribution in [0.25, 0.3) is 0 Å². The minimum Gasteiger partial charge on any atom is -0.377 e. The molecule has 2 heterocycles. The van der Waals surface area contributed by atoms with Gasteiger partial charge in [-0.3, -0.25) is 9.80 Å². The lowest BCUT2D eigenvalue weighted by Crippen LogP contribution is -2.48. The first-order valence-corrected chi connectivity index (χ1v) is 8.54. The number of nitrogens with zero attached hydrogens (tertiary/aromatic N) is 3. The molecule has 3 rings (SSSR count). The van der Waals surface area contributed by atoms with Crippen LogP contribution < -0.4 is 4.90 Å². The van der Waals surface area contributed by atoms with Crippen LogP contribution in [0.2, 0.25) is 0 Å². The van der Waals surface area contributed by atoms with E-state index < -0.39 is 0 Å². The number of hydrogen-bond acceptors (Lipinski definition) is 4. The van der Waals surface area contributed by atoms with E-state index in [4.69, 9.17) is 4.74 Å². The fourth-order valence-electron chi connectivity index (χ4n) is 3.53. The lowest BCUT2D eigenvalue weighted by atomic mass is 10.1. The van der Waals surface area contributed by atoms with Crippen LogP contribution >= 0.6 is 0 Å². The minimum atomic E-state index is 0.487. The Balaban J connectivity index is 1.49. The molecular weight excluding hydrogens is 274 g/mol. The van der Waals surface area contributed by atoms with Gasteiger partial charge in [0.15, 0.2) is 0 Å². The molecule has 0 bridgehead atoms. The lowest BCUT2D eigenvalue weighted by molar-refractivity contribution is 0.0490. The summed E-state index contributed by atoms with van der Waals surface area (Å²) in [6, 6.07) is 8.74. The summed E-state index contributed by atoms with van der Waals surface area (Å²) < 4.78 is 5.76. The molecule has 0 aromatic heterocycles. The molecule has 0 spiro atoms. The van der Waals surface area contributed by atoms with E-state index in [0.29, 0.717) is 6.10 Å². The first kappa shape index (κ1) is 15.8. The molecule has 2 fully saturated rings. The Hall–Kier alpha value is -1.10. The number of piperazine rings is 1. The molecule has 2 aliphatic heterocycles. The summed E-state index contributed by atoms with van der Waals surface area (Å²) in [5, 5.41) is 0. The topological polar surface area (TPSA) is 19.0 Å². The summed E-state index contributed by atoms with van der Waals surface area (Å²) in [6.07, 6.45) is 2.98. The predicted octanol–water partition coefficient (Wildman–Crippen LogP) is 2.05. The number of rotatable bonds is 5. The van der Waals surface area contributed by atoms with Crippen LogP contribution in [0.3, 0.4) is 0 Å². The number of para-hydroxylation sites is 1. The van der Waals surface area contributed by atoms with E-state index in [2.05, 4.69) is 53.1 Å². The SMILES string of the molecule is CN(C)c1ccccc1CN1CCN(CC2CCCO2)CC1. The molecule has 22 heavy (non-hydrogen) atoms. The molecule has 0 radical (unpaired) electrons. The summed E-state index contributed by atoms with van der Waals surface area (Å²) >= 11 is 0. The van der Waals surface area contributed by atoms with Crippen LogP contribution in [0.4, 0.5) is 5.69 Å². The van der Waals surface area contributed by atoms with Gasteiger partial charge in [-0.25, -0.2) is 0 Å². The Kier molecular flexibility index (Phi) is 5.34. The first-order chi connectivity index (χ1) is 10.7. The number of hydrogen-bond donors (Lipinski definition) is 0. The van der Waals surface area contributed by atoms with Gasteiger partial charge in [-0.15, -0.1) is 0 Å². The zero-order chi connectivity index (χ0) is 15.4. The highest BCUT2D eigenvalue weighted by molar-refractivity contribution is 5.52. The Morgan fingerprint density at radius 3 is 2.50 bits per heavy atom. The van der Waals surface area contributed by atoms with Gasteiger partial charge in [0, 0.05) is 65.7 Å². The van der Waals surface area contributed by atoms with Gasteiger partial charge in [0.2, 0.25) is 0 Å². The van der Waals surface area contributed by atoms with Crippen molar-refractivity contribution in [2.24, 2.45) is 0 Å². The van der Waals surface area contributed by atoms with Gasteiger partial charge in [-0.2, -0.15) is 0 Å². The van der Waals surface area contributed by atoms with Crippen molar-refractivity contribution in [3.8, 4) is 0 Å². The molecule has 4 nitrogen and oxygen atoms in total. The maximum atomic E-state index is 5.76. The van der Waals surface area contributed by atoms with Gasteiger partial charge in [-0.1, -0.05) is 18.2 Å². The minimum absolute atomic E-state index is 0.487. The zero-order valence-corrected chi connectivity index (χ0v) is 14.0. The molecule has 0 saturated carbocycles. The lowest BCUT2D eigenvalue weighted by Gasteiger charge is -2.36. The number of anilines is 1. The molecule has 0 aliphatic carbocycles. The second kappa shape index (κ2) is 7.44. The molecule has 2 saturated heterocycles. The predicted molar refractivity (Wildman–Crippen MR) is 91.5 cm³/mol. The highest BCUT2D eigenvalue weighted by Crippen LogP contribution is 2.21. The van der Waals surface area contributed by atoms with Crippen LogP contribution in [-0.2, 0) is 11.3 Å². The van der Waals surface area contributed by atoms with Crippen molar-refractivity contribution in [2.75, 3.05) is 58.3 Å². The molecule has 1 unspecified atom stereocenters. The Bertz CT molecular complexity index is 463.